The number of amides is 2. The summed E-state index contributed by atoms with van der Waals surface area (Å²) in [5.41, 5.74) is 2.61. The number of imide groups is 1. The van der Waals surface area contributed by atoms with Gasteiger partial charge in [0.05, 0.1) is 30.0 Å². The minimum Gasteiger partial charge on any atom is -0.504 e. The van der Waals surface area contributed by atoms with E-state index in [9.17, 15) is 19.5 Å². The van der Waals surface area contributed by atoms with Gasteiger partial charge < -0.3 is 9.84 Å². The van der Waals surface area contributed by atoms with E-state index in [1.807, 2.05) is 85.0 Å². The van der Waals surface area contributed by atoms with Crippen LogP contribution in [-0.4, -0.2) is 35.6 Å². The van der Waals surface area contributed by atoms with Crippen molar-refractivity contribution >= 4 is 40.7 Å². The van der Waals surface area contributed by atoms with E-state index in [0.29, 0.717) is 29.0 Å². The van der Waals surface area contributed by atoms with Gasteiger partial charge in [-0.2, -0.15) is 0 Å². The number of para-hydroxylation sites is 1. The Labute approximate surface area is 290 Å². The van der Waals surface area contributed by atoms with E-state index < -0.39 is 35.0 Å². The van der Waals surface area contributed by atoms with Crippen LogP contribution in [0.4, 0.5) is 5.69 Å². The Bertz CT molecular complexity index is 2120. The first-order valence-corrected chi connectivity index (χ1v) is 16.9. The van der Waals surface area contributed by atoms with E-state index in [0.717, 1.165) is 16.7 Å². The lowest BCUT2D eigenvalue weighted by Crippen LogP contribution is -2.59. The van der Waals surface area contributed by atoms with Crippen LogP contribution in [0.5, 0.6) is 11.5 Å². The number of carbonyl (C=O) groups excluding carboxylic acids is 4. The van der Waals surface area contributed by atoms with Gasteiger partial charge in [-0.15, -0.1) is 0 Å². The maximum atomic E-state index is 15.0. The number of ether oxygens (including phenoxy) is 1. The van der Waals surface area contributed by atoms with Crippen molar-refractivity contribution in [2.75, 3.05) is 12.0 Å². The molecule has 7 nitrogen and oxygen atoms in total. The summed E-state index contributed by atoms with van der Waals surface area (Å²) in [5, 5.41) is 10.3. The first-order chi connectivity index (χ1) is 24.3. The minimum absolute atomic E-state index is 0.00301. The second-order valence-electron chi connectivity index (χ2n) is 13.5. The molecule has 8 rings (SSSR count). The van der Waals surface area contributed by atoms with Gasteiger partial charge in [-0.05, 0) is 65.8 Å². The van der Waals surface area contributed by atoms with Crippen LogP contribution < -0.4 is 9.64 Å². The van der Waals surface area contributed by atoms with Crippen molar-refractivity contribution in [3.63, 3.8) is 0 Å². The second kappa shape index (κ2) is 12.3. The van der Waals surface area contributed by atoms with Crippen LogP contribution in [-0.2, 0) is 24.6 Å². The highest BCUT2D eigenvalue weighted by Crippen LogP contribution is 2.61. The topological polar surface area (TPSA) is 101 Å². The third-order valence-electron chi connectivity index (χ3n) is 11.1. The summed E-state index contributed by atoms with van der Waals surface area (Å²) >= 11 is 0. The number of allylic oxidation sites excluding steroid dienone is 5. The number of benzene rings is 4. The quantitative estimate of drug-likeness (QED) is 0.177. The molecule has 1 aliphatic heterocycles. The number of ketones is 2. The number of hydrogen-bond donors (Lipinski definition) is 1. The molecule has 0 aromatic heterocycles. The highest BCUT2D eigenvalue weighted by molar-refractivity contribution is 6.31. The number of fused-ring (bicyclic) bond motifs is 4. The number of Topliss-reactive ketones (excluding diaryl/α,β-unsaturated/α-hetero) is 1. The van der Waals surface area contributed by atoms with Crippen molar-refractivity contribution in [1.82, 2.24) is 0 Å². The standard InChI is InChI=1S/C43H35NO6/c1-50-37-23-26(18-22-36(37)45)17-21-34-30-19-20-31-39(42(49)44(41(31)48)29-15-9-4-10-16-29)33(30)24-35-40(47)32(27-11-5-2-6-12-27)25-38(46)43(34,35)28-13-7-3-8-14-28/h2-19,21-23,25,31,33-35,39,45H,20,24H2,1H3/t31-,33+,34-,35-,39-,43-/m0/s1. The summed E-state index contributed by atoms with van der Waals surface area (Å²) in [7, 11) is 1.48. The maximum absolute atomic E-state index is 15.0. The van der Waals surface area contributed by atoms with Gasteiger partial charge in [-0.3, -0.25) is 24.1 Å². The van der Waals surface area contributed by atoms with E-state index in [1.54, 1.807) is 42.5 Å². The van der Waals surface area contributed by atoms with Crippen molar-refractivity contribution in [2.45, 2.75) is 18.3 Å². The molecule has 1 heterocycles. The van der Waals surface area contributed by atoms with Crippen LogP contribution in [0, 0.1) is 29.6 Å². The fraction of sp³-hybridized carbons (Fsp3) is 0.209. The molecule has 0 unspecified atom stereocenters. The number of anilines is 1. The van der Waals surface area contributed by atoms with Crippen molar-refractivity contribution in [1.29, 1.82) is 0 Å². The number of phenolic OH excluding ortho intramolecular Hbond substituents is 1. The molecule has 1 saturated carbocycles. The Hall–Kier alpha value is -5.82. The molecule has 0 radical (unpaired) electrons. The van der Waals surface area contributed by atoms with Crippen molar-refractivity contribution in [2.24, 2.45) is 29.6 Å². The second-order valence-corrected chi connectivity index (χ2v) is 13.5. The third kappa shape index (κ3) is 4.71. The van der Waals surface area contributed by atoms with Crippen LogP contribution >= 0.6 is 0 Å². The number of methoxy groups -OCH3 is 1. The number of nitrogens with zero attached hydrogens (tertiary/aromatic N) is 1. The molecule has 50 heavy (non-hydrogen) atoms. The Morgan fingerprint density at radius 3 is 2.20 bits per heavy atom. The fourth-order valence-electron chi connectivity index (χ4n) is 8.96. The first kappa shape index (κ1) is 31.4. The van der Waals surface area contributed by atoms with Crippen molar-refractivity contribution in [3.05, 3.63) is 150 Å². The van der Waals surface area contributed by atoms with Gasteiger partial charge in [-0.25, -0.2) is 0 Å². The van der Waals surface area contributed by atoms with Gasteiger partial charge in [0.15, 0.2) is 23.1 Å². The molecule has 3 aliphatic carbocycles. The van der Waals surface area contributed by atoms with Gasteiger partial charge >= 0.3 is 0 Å². The molecule has 7 heteroatoms. The Balaban J connectivity index is 1.33. The highest BCUT2D eigenvalue weighted by atomic mass is 16.5. The van der Waals surface area contributed by atoms with Crippen LogP contribution in [0.2, 0.25) is 0 Å². The number of carbonyl (C=O) groups is 4. The van der Waals surface area contributed by atoms with Crippen LogP contribution in [0.25, 0.3) is 11.6 Å². The smallest absolute Gasteiger partial charge is 0.238 e. The molecular weight excluding hydrogens is 626 g/mol. The molecule has 1 saturated heterocycles. The van der Waals surface area contributed by atoms with E-state index in [4.69, 9.17) is 4.74 Å². The molecule has 2 amide bonds. The molecule has 2 fully saturated rings. The number of hydrogen-bond acceptors (Lipinski definition) is 6. The van der Waals surface area contributed by atoms with E-state index in [2.05, 4.69) is 0 Å². The number of rotatable bonds is 6. The van der Waals surface area contributed by atoms with Crippen LogP contribution in [0.1, 0.15) is 29.5 Å². The van der Waals surface area contributed by atoms with Gasteiger partial charge in [0.2, 0.25) is 11.8 Å². The lowest BCUT2D eigenvalue weighted by molar-refractivity contribution is -0.135. The average Bonchev–Trinajstić information content (AvgIpc) is 3.42. The predicted octanol–water partition coefficient (Wildman–Crippen LogP) is 6.98. The van der Waals surface area contributed by atoms with E-state index >= 15 is 4.79 Å². The molecular formula is C43H35NO6. The minimum atomic E-state index is -1.30. The van der Waals surface area contributed by atoms with Crippen LogP contribution in [0.15, 0.2) is 133 Å². The molecule has 0 spiro atoms. The Morgan fingerprint density at radius 2 is 1.50 bits per heavy atom. The lowest BCUT2D eigenvalue weighted by atomic mass is 9.45. The molecule has 4 aromatic carbocycles. The Kier molecular flexibility index (Phi) is 7.71. The maximum Gasteiger partial charge on any atom is 0.238 e. The normalized spacial score (nSPS) is 27.4. The summed E-state index contributed by atoms with van der Waals surface area (Å²) in [6.45, 7) is 0. The summed E-state index contributed by atoms with van der Waals surface area (Å²) in [6, 6.07) is 32.7. The monoisotopic (exact) mass is 661 g/mol. The average molecular weight is 662 g/mol. The number of aromatic hydroxyl groups is 1. The van der Waals surface area contributed by atoms with Gasteiger partial charge in [0.25, 0.3) is 0 Å². The Morgan fingerprint density at radius 1 is 0.820 bits per heavy atom. The molecule has 1 N–H and O–H groups in total. The molecule has 0 bridgehead atoms. The van der Waals surface area contributed by atoms with Crippen LogP contribution in [0.3, 0.4) is 0 Å². The first-order valence-electron chi connectivity index (χ1n) is 16.9. The number of phenols is 1. The zero-order valence-electron chi connectivity index (χ0n) is 27.4. The van der Waals surface area contributed by atoms with E-state index in [1.165, 1.54) is 18.1 Å². The van der Waals surface area contributed by atoms with Crippen molar-refractivity contribution < 1.29 is 29.0 Å². The SMILES string of the molecule is COc1cc(C=C[C@H]2C3=CC[C@@H]4C(=O)N(c5ccccc5)C(=O)[C@@H]4[C@@H]3C[C@H]3C(=O)C(c4ccccc4)=CC(=O)[C@@]23c2ccccc2)ccc1O. The fourth-order valence-corrected chi connectivity index (χ4v) is 8.96. The summed E-state index contributed by atoms with van der Waals surface area (Å²) in [6.07, 6.45) is 8.01. The van der Waals surface area contributed by atoms with Gasteiger partial charge in [0.1, 0.15) is 0 Å². The zero-order chi connectivity index (χ0) is 34.6. The molecule has 4 aliphatic rings. The molecule has 248 valence electrons. The zero-order valence-corrected chi connectivity index (χ0v) is 27.4. The predicted molar refractivity (Wildman–Crippen MR) is 190 cm³/mol. The third-order valence-corrected chi connectivity index (χ3v) is 11.1. The summed E-state index contributed by atoms with van der Waals surface area (Å²) < 4.78 is 5.36. The summed E-state index contributed by atoms with van der Waals surface area (Å²) in [4.78, 5) is 59.6. The molecule has 6 atom stereocenters. The van der Waals surface area contributed by atoms with E-state index in [-0.39, 0.29) is 35.6 Å². The summed E-state index contributed by atoms with van der Waals surface area (Å²) in [5.74, 6) is -3.63. The largest absolute Gasteiger partial charge is 0.504 e. The lowest BCUT2D eigenvalue weighted by Gasteiger charge is -2.54. The van der Waals surface area contributed by atoms with Gasteiger partial charge in [-0.1, -0.05) is 109 Å². The molecule has 4 aromatic rings. The van der Waals surface area contributed by atoms with Gasteiger partial charge in [0, 0.05) is 17.4 Å². The highest BCUT2D eigenvalue weighted by Gasteiger charge is 2.65. The van der Waals surface area contributed by atoms with Crippen molar-refractivity contribution in [3.8, 4) is 11.5 Å².